The molecule has 0 saturated heterocycles. The second kappa shape index (κ2) is 9.62. The lowest BCUT2D eigenvalue weighted by atomic mass is 9.86. The molecular formula is C15H27N3O. The van der Waals surface area contributed by atoms with E-state index in [-0.39, 0.29) is 0 Å². The van der Waals surface area contributed by atoms with Crippen molar-refractivity contribution in [3.05, 3.63) is 23.9 Å². The molecule has 1 aliphatic carbocycles. The van der Waals surface area contributed by atoms with Crippen LogP contribution in [0, 0.1) is 5.92 Å². The molecule has 19 heavy (non-hydrogen) atoms. The molecule has 1 saturated carbocycles. The second-order valence-corrected chi connectivity index (χ2v) is 5.17. The number of hydrogen-bond acceptors (Lipinski definition) is 3. The van der Waals surface area contributed by atoms with Gasteiger partial charge in [0.05, 0.1) is 0 Å². The summed E-state index contributed by atoms with van der Waals surface area (Å²) in [5.41, 5.74) is 7.06. The largest absolute Gasteiger partial charge is 0.385 e. The lowest BCUT2D eigenvalue weighted by Crippen LogP contribution is -2.31. The average molecular weight is 265 g/mol. The predicted octanol–water partition coefficient (Wildman–Crippen LogP) is 1.69. The van der Waals surface area contributed by atoms with Gasteiger partial charge in [-0.25, -0.2) is 0 Å². The SMILES string of the molecule is C/C=C(\C=C\CCNC=O)NCC1CCC(N)CC1. The van der Waals surface area contributed by atoms with Crippen LogP contribution < -0.4 is 16.4 Å². The van der Waals surface area contributed by atoms with Gasteiger partial charge in [0, 0.05) is 24.8 Å². The van der Waals surface area contributed by atoms with Crippen molar-refractivity contribution in [1.29, 1.82) is 0 Å². The van der Waals surface area contributed by atoms with Crippen molar-refractivity contribution in [3.8, 4) is 0 Å². The summed E-state index contributed by atoms with van der Waals surface area (Å²) in [5.74, 6) is 0.750. The Morgan fingerprint density at radius 3 is 2.68 bits per heavy atom. The minimum Gasteiger partial charge on any atom is -0.385 e. The van der Waals surface area contributed by atoms with Gasteiger partial charge in [-0.1, -0.05) is 12.2 Å². The summed E-state index contributed by atoms with van der Waals surface area (Å²) in [6, 6.07) is 0.419. The summed E-state index contributed by atoms with van der Waals surface area (Å²) in [4.78, 5) is 10.1. The van der Waals surface area contributed by atoms with Gasteiger partial charge < -0.3 is 16.4 Å². The van der Waals surface area contributed by atoms with Gasteiger partial charge in [0.1, 0.15) is 0 Å². The van der Waals surface area contributed by atoms with Gasteiger partial charge >= 0.3 is 0 Å². The van der Waals surface area contributed by atoms with Crippen LogP contribution >= 0.6 is 0 Å². The summed E-state index contributed by atoms with van der Waals surface area (Å²) in [5, 5.41) is 6.13. The van der Waals surface area contributed by atoms with Crippen LogP contribution in [0.1, 0.15) is 39.0 Å². The molecule has 4 nitrogen and oxygen atoms in total. The van der Waals surface area contributed by atoms with Crippen LogP contribution in [0.3, 0.4) is 0 Å². The molecule has 1 fully saturated rings. The van der Waals surface area contributed by atoms with Gasteiger partial charge in [0.25, 0.3) is 0 Å². The number of carbonyl (C=O) groups is 1. The van der Waals surface area contributed by atoms with E-state index in [1.54, 1.807) is 0 Å². The maximum absolute atomic E-state index is 10.1. The molecule has 0 aromatic rings. The molecule has 4 heteroatoms. The zero-order valence-electron chi connectivity index (χ0n) is 11.9. The molecule has 0 aromatic carbocycles. The third-order valence-corrected chi connectivity index (χ3v) is 3.63. The monoisotopic (exact) mass is 265 g/mol. The molecule has 0 radical (unpaired) electrons. The number of amides is 1. The Bertz CT molecular complexity index is 305. The Labute approximate surface area is 116 Å². The molecule has 0 aliphatic heterocycles. The van der Waals surface area contributed by atoms with Crippen LogP contribution in [0.2, 0.25) is 0 Å². The van der Waals surface area contributed by atoms with Crippen LogP contribution in [-0.2, 0) is 4.79 Å². The molecule has 1 aliphatic rings. The van der Waals surface area contributed by atoms with E-state index < -0.39 is 0 Å². The van der Waals surface area contributed by atoms with Crippen molar-refractivity contribution < 1.29 is 4.79 Å². The van der Waals surface area contributed by atoms with E-state index in [0.717, 1.165) is 43.8 Å². The highest BCUT2D eigenvalue weighted by Gasteiger charge is 2.17. The number of nitrogens with two attached hydrogens (primary N) is 1. The van der Waals surface area contributed by atoms with E-state index in [4.69, 9.17) is 5.73 Å². The summed E-state index contributed by atoms with van der Waals surface area (Å²) in [6.45, 7) is 3.76. The van der Waals surface area contributed by atoms with E-state index in [2.05, 4.69) is 28.9 Å². The fourth-order valence-electron chi connectivity index (χ4n) is 2.35. The summed E-state index contributed by atoms with van der Waals surface area (Å²) < 4.78 is 0. The van der Waals surface area contributed by atoms with Gasteiger partial charge in [-0.15, -0.1) is 0 Å². The number of hydrogen-bond donors (Lipinski definition) is 3. The normalized spacial score (nSPS) is 24.4. The summed E-state index contributed by atoms with van der Waals surface area (Å²) in [6.07, 6.45) is 12.6. The fraction of sp³-hybridized carbons (Fsp3) is 0.667. The van der Waals surface area contributed by atoms with Crippen molar-refractivity contribution in [2.24, 2.45) is 11.7 Å². The molecule has 0 unspecified atom stereocenters. The van der Waals surface area contributed by atoms with Crippen LogP contribution in [0.15, 0.2) is 23.9 Å². The zero-order valence-corrected chi connectivity index (χ0v) is 11.9. The lowest BCUT2D eigenvalue weighted by Gasteiger charge is -2.26. The summed E-state index contributed by atoms with van der Waals surface area (Å²) >= 11 is 0. The molecular weight excluding hydrogens is 238 g/mol. The van der Waals surface area contributed by atoms with Crippen molar-refractivity contribution >= 4 is 6.41 Å². The molecule has 1 amide bonds. The first kappa shape index (κ1) is 15.8. The zero-order chi connectivity index (χ0) is 13.9. The minimum atomic E-state index is 0.419. The Balaban J connectivity index is 2.19. The van der Waals surface area contributed by atoms with Gasteiger partial charge in [0.2, 0.25) is 6.41 Å². The number of rotatable bonds is 8. The molecule has 1 rings (SSSR count). The third kappa shape index (κ3) is 7.01. The van der Waals surface area contributed by atoms with Crippen LogP contribution in [0.25, 0.3) is 0 Å². The Morgan fingerprint density at radius 2 is 2.05 bits per heavy atom. The molecule has 0 bridgehead atoms. The minimum absolute atomic E-state index is 0.419. The quantitative estimate of drug-likeness (QED) is 0.355. The number of allylic oxidation sites excluding steroid dienone is 2. The van der Waals surface area contributed by atoms with Crippen molar-refractivity contribution in [1.82, 2.24) is 10.6 Å². The molecule has 0 heterocycles. The maximum Gasteiger partial charge on any atom is 0.207 e. The van der Waals surface area contributed by atoms with Gasteiger partial charge in [-0.3, -0.25) is 4.79 Å². The predicted molar refractivity (Wildman–Crippen MR) is 79.5 cm³/mol. The molecule has 108 valence electrons. The van der Waals surface area contributed by atoms with E-state index in [0.29, 0.717) is 12.6 Å². The highest BCUT2D eigenvalue weighted by molar-refractivity contribution is 5.45. The van der Waals surface area contributed by atoms with E-state index in [1.165, 1.54) is 12.8 Å². The van der Waals surface area contributed by atoms with Crippen molar-refractivity contribution in [3.63, 3.8) is 0 Å². The molecule has 0 atom stereocenters. The first-order valence-corrected chi connectivity index (χ1v) is 7.25. The standard InChI is InChI=1S/C15H27N3O/c1-2-15(5-3-4-10-17-12-19)18-11-13-6-8-14(16)9-7-13/h2-3,5,12-14,18H,4,6-11,16H2,1H3,(H,17,19)/b5-3+,15-2+. The second-order valence-electron chi connectivity index (χ2n) is 5.17. The van der Waals surface area contributed by atoms with Crippen LogP contribution in [0.5, 0.6) is 0 Å². The van der Waals surface area contributed by atoms with Crippen molar-refractivity contribution in [2.75, 3.05) is 13.1 Å². The van der Waals surface area contributed by atoms with Gasteiger partial charge in [-0.2, -0.15) is 0 Å². The average Bonchev–Trinajstić information content (AvgIpc) is 2.44. The Morgan fingerprint density at radius 1 is 1.32 bits per heavy atom. The third-order valence-electron chi connectivity index (χ3n) is 3.63. The van der Waals surface area contributed by atoms with Crippen LogP contribution in [0.4, 0.5) is 0 Å². The van der Waals surface area contributed by atoms with Gasteiger partial charge in [0.15, 0.2) is 0 Å². The number of nitrogens with one attached hydrogen (secondary N) is 2. The summed E-state index contributed by atoms with van der Waals surface area (Å²) in [7, 11) is 0. The highest BCUT2D eigenvalue weighted by Crippen LogP contribution is 2.22. The van der Waals surface area contributed by atoms with Crippen LogP contribution in [-0.4, -0.2) is 25.5 Å². The van der Waals surface area contributed by atoms with E-state index >= 15 is 0 Å². The maximum atomic E-state index is 10.1. The molecule has 4 N–H and O–H groups in total. The lowest BCUT2D eigenvalue weighted by molar-refractivity contribution is -0.109. The molecule has 0 aromatic heterocycles. The molecule has 0 spiro atoms. The Kier molecular flexibility index (Phi) is 7.98. The first-order chi connectivity index (χ1) is 9.26. The number of carbonyl (C=O) groups excluding carboxylic acids is 1. The van der Waals surface area contributed by atoms with E-state index in [9.17, 15) is 4.79 Å². The van der Waals surface area contributed by atoms with Crippen molar-refractivity contribution in [2.45, 2.75) is 45.1 Å². The highest BCUT2D eigenvalue weighted by atomic mass is 16.1. The smallest absolute Gasteiger partial charge is 0.207 e. The Hall–Kier alpha value is -1.29. The fourth-order valence-corrected chi connectivity index (χ4v) is 2.35. The first-order valence-electron chi connectivity index (χ1n) is 7.25. The topological polar surface area (TPSA) is 67.2 Å². The van der Waals surface area contributed by atoms with Gasteiger partial charge in [-0.05, 0) is 51.0 Å². The van der Waals surface area contributed by atoms with E-state index in [1.807, 2.05) is 6.92 Å².